The molecule has 2 rings (SSSR count). The first kappa shape index (κ1) is 11.1. The molecule has 0 N–H and O–H groups in total. The average molecular weight is 237 g/mol. The van der Waals surface area contributed by atoms with Crippen molar-refractivity contribution in [3.05, 3.63) is 54.1 Å². The molecule has 1 aliphatic carbocycles. The molecule has 1 unspecified atom stereocenters. The second kappa shape index (κ2) is 4.61. The van der Waals surface area contributed by atoms with Crippen LogP contribution in [0.15, 0.2) is 63.4 Å². The number of hydrogen-bond acceptors (Lipinski definition) is 2. The molecule has 1 atom stereocenters. The van der Waals surface area contributed by atoms with Gasteiger partial charge in [-0.15, -0.1) is 3.89 Å². The molecular weight excluding hydrogens is 225 g/mol. The maximum absolute atomic E-state index is 13.8. The average Bonchev–Trinajstić information content (AvgIpc) is 2.81. The molecule has 0 spiro atoms. The monoisotopic (exact) mass is 237 g/mol. The lowest BCUT2D eigenvalue weighted by Gasteiger charge is -2.00. The Kier molecular flexibility index (Phi) is 3.19. The van der Waals surface area contributed by atoms with Crippen molar-refractivity contribution < 1.29 is 8.09 Å². The van der Waals surface area contributed by atoms with Crippen LogP contribution >= 0.6 is 0 Å². The lowest BCUT2D eigenvalue weighted by atomic mass is 10.2. The highest BCUT2D eigenvalue weighted by atomic mass is 32.3. The number of halogens is 1. The highest BCUT2D eigenvalue weighted by Crippen LogP contribution is 2.17. The van der Waals surface area contributed by atoms with Crippen LogP contribution in [0.25, 0.3) is 0 Å². The molecule has 1 aromatic rings. The number of allylic oxidation sites excluding steroid dienone is 3. The fourth-order valence-corrected chi connectivity index (χ4v) is 2.41. The maximum Gasteiger partial charge on any atom is 0.231 e. The predicted octanol–water partition coefficient (Wildman–Crippen LogP) is 3.28. The first-order valence-electron chi connectivity index (χ1n) is 5.01. The van der Waals surface area contributed by atoms with Crippen LogP contribution in [0.1, 0.15) is 6.42 Å². The molecule has 0 bridgehead atoms. The highest BCUT2D eigenvalue weighted by molar-refractivity contribution is 7.88. The van der Waals surface area contributed by atoms with Gasteiger partial charge in [0.1, 0.15) is 0 Å². The molecule has 2 nitrogen and oxygen atoms in total. The molecule has 4 heteroatoms. The van der Waals surface area contributed by atoms with E-state index in [1.807, 2.05) is 18.2 Å². The van der Waals surface area contributed by atoms with Crippen molar-refractivity contribution in [2.24, 2.45) is 4.36 Å². The van der Waals surface area contributed by atoms with Crippen LogP contribution in [0, 0.1) is 0 Å². The predicted molar refractivity (Wildman–Crippen MR) is 63.1 cm³/mol. The fourth-order valence-electron chi connectivity index (χ4n) is 1.44. The summed E-state index contributed by atoms with van der Waals surface area (Å²) in [5, 5.41) is 0. The molecule has 0 radical (unpaired) electrons. The van der Waals surface area contributed by atoms with Gasteiger partial charge in [0.2, 0.25) is 10.1 Å². The van der Waals surface area contributed by atoms with Crippen LogP contribution < -0.4 is 0 Å². The Hall–Kier alpha value is -1.42. The number of nitrogens with zero attached hydrogens (tertiary/aromatic N) is 1. The van der Waals surface area contributed by atoms with E-state index >= 15 is 0 Å². The van der Waals surface area contributed by atoms with E-state index in [2.05, 4.69) is 4.36 Å². The quantitative estimate of drug-likeness (QED) is 0.742. The van der Waals surface area contributed by atoms with Crippen molar-refractivity contribution >= 4 is 10.1 Å². The second-order valence-corrected chi connectivity index (χ2v) is 5.16. The van der Waals surface area contributed by atoms with E-state index in [1.54, 1.807) is 18.2 Å². The molecule has 0 fully saturated rings. The lowest BCUT2D eigenvalue weighted by molar-refractivity contribution is 0.636. The van der Waals surface area contributed by atoms with Crippen molar-refractivity contribution in [2.75, 3.05) is 6.54 Å². The number of benzene rings is 1. The summed E-state index contributed by atoms with van der Waals surface area (Å²) in [4.78, 5) is 0.140. The van der Waals surface area contributed by atoms with E-state index in [0.717, 1.165) is 12.0 Å². The third-order valence-corrected chi connectivity index (χ3v) is 3.63. The van der Waals surface area contributed by atoms with E-state index in [1.165, 1.54) is 12.1 Å². The highest BCUT2D eigenvalue weighted by Gasteiger charge is 2.09. The lowest BCUT2D eigenvalue weighted by Crippen LogP contribution is -1.95. The summed E-state index contributed by atoms with van der Waals surface area (Å²) >= 11 is 0. The Labute approximate surface area is 95.0 Å². The summed E-state index contributed by atoms with van der Waals surface area (Å²) in [5.74, 6) is 0. The van der Waals surface area contributed by atoms with E-state index in [0.29, 0.717) is 0 Å². The number of rotatable bonds is 3. The van der Waals surface area contributed by atoms with E-state index in [4.69, 9.17) is 0 Å². The zero-order valence-electron chi connectivity index (χ0n) is 8.67. The Morgan fingerprint density at radius 1 is 1.31 bits per heavy atom. The molecular formula is C12H12FNOS. The van der Waals surface area contributed by atoms with Crippen LogP contribution in [0.3, 0.4) is 0 Å². The Bertz CT molecular complexity index is 539. The van der Waals surface area contributed by atoms with Crippen LogP contribution in [-0.2, 0) is 10.1 Å². The topological polar surface area (TPSA) is 29.4 Å². The largest absolute Gasteiger partial charge is 0.231 e. The van der Waals surface area contributed by atoms with Crippen molar-refractivity contribution in [1.29, 1.82) is 0 Å². The summed E-state index contributed by atoms with van der Waals surface area (Å²) in [6.45, 7) is 0.192. The molecule has 1 aromatic carbocycles. The van der Waals surface area contributed by atoms with Crippen LogP contribution in [-0.4, -0.2) is 10.8 Å². The summed E-state index contributed by atoms with van der Waals surface area (Å²) in [6.07, 6.45) is 6.51. The molecule has 0 saturated heterocycles. The molecule has 16 heavy (non-hydrogen) atoms. The van der Waals surface area contributed by atoms with Gasteiger partial charge in [-0.3, -0.25) is 0 Å². The zero-order valence-corrected chi connectivity index (χ0v) is 9.49. The molecule has 0 aromatic heterocycles. The molecule has 0 aliphatic heterocycles. The van der Waals surface area contributed by atoms with Gasteiger partial charge in [-0.1, -0.05) is 36.4 Å². The van der Waals surface area contributed by atoms with Crippen molar-refractivity contribution in [3.63, 3.8) is 0 Å². The second-order valence-electron chi connectivity index (χ2n) is 3.52. The standard InChI is InChI=1S/C12H12FNOS/c13-16(15,12-8-2-1-3-9-12)14-10-11-6-4-5-7-11/h1-6,8-9H,7,10H2. The summed E-state index contributed by atoms with van der Waals surface area (Å²) in [7, 11) is -3.74. The molecule has 84 valence electrons. The first-order valence-corrected chi connectivity index (χ1v) is 6.42. The van der Waals surface area contributed by atoms with Crippen LogP contribution in [0.5, 0.6) is 0 Å². The van der Waals surface area contributed by atoms with Gasteiger partial charge in [0.15, 0.2) is 0 Å². The molecule has 0 saturated carbocycles. The van der Waals surface area contributed by atoms with Gasteiger partial charge in [0.25, 0.3) is 0 Å². The van der Waals surface area contributed by atoms with Gasteiger partial charge in [-0.2, -0.15) is 0 Å². The summed E-state index contributed by atoms with van der Waals surface area (Å²) in [5.41, 5.74) is 0.987. The van der Waals surface area contributed by atoms with Gasteiger partial charge in [0.05, 0.1) is 11.4 Å². The molecule has 0 heterocycles. The number of hydrogen-bond donors (Lipinski definition) is 0. The normalized spacial score (nSPS) is 17.9. The smallest absolute Gasteiger partial charge is 0.211 e. The minimum atomic E-state index is -3.74. The van der Waals surface area contributed by atoms with Crippen molar-refractivity contribution in [1.82, 2.24) is 0 Å². The van der Waals surface area contributed by atoms with Gasteiger partial charge >= 0.3 is 0 Å². The van der Waals surface area contributed by atoms with Crippen molar-refractivity contribution in [2.45, 2.75) is 11.3 Å². The Morgan fingerprint density at radius 2 is 2.06 bits per heavy atom. The third kappa shape index (κ3) is 2.58. The molecule has 1 aliphatic rings. The zero-order chi connectivity index (χ0) is 11.4. The molecule has 0 amide bonds. The maximum atomic E-state index is 13.8. The van der Waals surface area contributed by atoms with Crippen LogP contribution in [0.4, 0.5) is 3.89 Å². The minimum absolute atomic E-state index is 0.140. The SMILES string of the molecule is O=S(F)(=NCC1=CC=CC1)c1ccccc1. The fraction of sp³-hybridized carbons (Fsp3) is 0.167. The van der Waals surface area contributed by atoms with E-state index < -0.39 is 10.1 Å². The Balaban J connectivity index is 2.19. The Morgan fingerprint density at radius 3 is 2.69 bits per heavy atom. The summed E-state index contributed by atoms with van der Waals surface area (Å²) in [6, 6.07) is 8.05. The van der Waals surface area contributed by atoms with Gasteiger partial charge in [0, 0.05) is 0 Å². The third-order valence-electron chi connectivity index (χ3n) is 2.32. The first-order chi connectivity index (χ1) is 7.68. The minimum Gasteiger partial charge on any atom is -0.211 e. The van der Waals surface area contributed by atoms with Crippen LogP contribution in [0.2, 0.25) is 0 Å². The van der Waals surface area contributed by atoms with E-state index in [-0.39, 0.29) is 11.4 Å². The van der Waals surface area contributed by atoms with Gasteiger partial charge in [-0.25, -0.2) is 8.57 Å². The van der Waals surface area contributed by atoms with Gasteiger partial charge < -0.3 is 0 Å². The van der Waals surface area contributed by atoms with E-state index in [9.17, 15) is 8.09 Å². The van der Waals surface area contributed by atoms with Gasteiger partial charge in [-0.05, 0) is 24.1 Å². The summed E-state index contributed by atoms with van der Waals surface area (Å²) < 4.78 is 29.1. The van der Waals surface area contributed by atoms with Crippen molar-refractivity contribution in [3.8, 4) is 0 Å².